The molecule has 2 amide bonds. The molecule has 7 heteroatoms. The number of hydroxylamine groups is 2. The average Bonchev–Trinajstić information content (AvgIpc) is 2.16. The molecule has 0 radical (unpaired) electrons. The summed E-state index contributed by atoms with van der Waals surface area (Å²) in [6.07, 6.45) is 0. The van der Waals surface area contributed by atoms with Crippen molar-refractivity contribution >= 4 is 6.03 Å². The van der Waals surface area contributed by atoms with Crippen LogP contribution >= 0.6 is 0 Å². The summed E-state index contributed by atoms with van der Waals surface area (Å²) in [6.45, 7) is -0.282. The number of nitrogens with two attached hydrogens (primary N) is 1. The van der Waals surface area contributed by atoms with Crippen LogP contribution in [0.4, 0.5) is 4.79 Å². The van der Waals surface area contributed by atoms with Gasteiger partial charge in [0.15, 0.2) is 0 Å². The first-order chi connectivity index (χ1) is 4.15. The maximum atomic E-state index is 10.8. The van der Waals surface area contributed by atoms with Crippen LogP contribution in [0.2, 0.25) is 0 Å². The monoisotopic (exact) mass is 131 g/mol. The van der Waals surface area contributed by atoms with Gasteiger partial charge in [-0.25, -0.2) is 4.79 Å². The lowest BCUT2D eigenvalue weighted by atomic mass is 10.9. The third-order valence-electron chi connectivity index (χ3n) is 0.895. The predicted molar refractivity (Wildman–Crippen MR) is 26.1 cm³/mol. The molecule has 7 nitrogen and oxygen atoms in total. The fraction of sp³-hybridized carbons (Fsp3) is 0.500. The summed E-state index contributed by atoms with van der Waals surface area (Å²) in [5.41, 5.74) is 6.57. The second kappa shape index (κ2) is 1.64. The first kappa shape index (κ1) is 5.92. The zero-order valence-corrected chi connectivity index (χ0v) is 4.44. The average molecular weight is 131 g/mol. The van der Waals surface area contributed by atoms with Crippen molar-refractivity contribution in [3.63, 3.8) is 0 Å². The Balaban J connectivity index is 2.66. The lowest BCUT2D eigenvalue weighted by molar-refractivity contribution is -0.835. The molecule has 0 saturated heterocycles. The SMILES string of the molecule is NC(=O)[N+]1([O-])CN=NN1. The number of carbonyl (C=O) groups is 1. The molecule has 9 heavy (non-hydrogen) atoms. The van der Waals surface area contributed by atoms with Crippen molar-refractivity contribution in [2.75, 3.05) is 6.67 Å². The Morgan fingerprint density at radius 3 is 2.78 bits per heavy atom. The van der Waals surface area contributed by atoms with E-state index in [1.54, 1.807) is 0 Å². The number of hydrogen-bond acceptors (Lipinski definition) is 5. The summed E-state index contributed by atoms with van der Waals surface area (Å²) in [5.74, 6) is 0. The molecule has 1 aliphatic rings. The van der Waals surface area contributed by atoms with E-state index in [4.69, 9.17) is 0 Å². The number of amides is 2. The molecule has 0 aromatic carbocycles. The van der Waals surface area contributed by atoms with Crippen LogP contribution in [0.1, 0.15) is 0 Å². The van der Waals surface area contributed by atoms with Crippen LogP contribution in [0.5, 0.6) is 0 Å². The molecule has 1 unspecified atom stereocenters. The molecule has 1 rings (SSSR count). The van der Waals surface area contributed by atoms with Gasteiger partial charge in [-0.05, 0) is 5.22 Å². The summed E-state index contributed by atoms with van der Waals surface area (Å²) in [6, 6.07) is -1.04. The van der Waals surface area contributed by atoms with Crippen molar-refractivity contribution in [3.05, 3.63) is 5.21 Å². The molecule has 0 spiro atoms. The van der Waals surface area contributed by atoms with E-state index in [0.717, 1.165) is 0 Å². The van der Waals surface area contributed by atoms with Crippen LogP contribution in [0.25, 0.3) is 0 Å². The van der Waals surface area contributed by atoms with Gasteiger partial charge in [0.2, 0.25) is 6.67 Å². The normalized spacial score (nSPS) is 32.1. The first-order valence-corrected chi connectivity index (χ1v) is 2.18. The second-order valence-corrected chi connectivity index (χ2v) is 1.56. The molecule has 0 aliphatic carbocycles. The fourth-order valence-corrected chi connectivity index (χ4v) is 0.375. The Morgan fingerprint density at radius 2 is 2.56 bits per heavy atom. The zero-order chi connectivity index (χ0) is 6.91. The number of rotatable bonds is 0. The van der Waals surface area contributed by atoms with Gasteiger partial charge in [-0.2, -0.15) is 0 Å². The summed E-state index contributed by atoms with van der Waals surface area (Å²) in [4.78, 5) is 10.2. The number of nitrogens with zero attached hydrogens (tertiary/aromatic N) is 3. The maximum Gasteiger partial charge on any atom is 0.441 e. The quantitative estimate of drug-likeness (QED) is 0.333. The number of carbonyl (C=O) groups excluding carboxylic acids is 1. The van der Waals surface area contributed by atoms with E-state index in [9.17, 15) is 10.0 Å². The number of nitrogens with one attached hydrogen (secondary N) is 1. The van der Waals surface area contributed by atoms with Crippen molar-refractivity contribution in [1.29, 1.82) is 0 Å². The standard InChI is InChI=1S/C2H5N5O2/c3-2(8)7(9)1-4-5-6-7/h1H2,(H2,3,8)(H,4,6). The zero-order valence-electron chi connectivity index (χ0n) is 4.44. The minimum absolute atomic E-state index is 0.282. The van der Waals surface area contributed by atoms with E-state index in [1.165, 1.54) is 0 Å². The van der Waals surface area contributed by atoms with Gasteiger partial charge in [-0.1, -0.05) is 0 Å². The summed E-state index contributed by atoms with van der Waals surface area (Å²) >= 11 is 0. The van der Waals surface area contributed by atoms with Gasteiger partial charge in [0.1, 0.15) is 0 Å². The molecular weight excluding hydrogens is 126 g/mol. The van der Waals surface area contributed by atoms with Crippen molar-refractivity contribution in [2.24, 2.45) is 16.1 Å². The van der Waals surface area contributed by atoms with Crippen LogP contribution in [0.15, 0.2) is 10.3 Å². The van der Waals surface area contributed by atoms with Crippen molar-refractivity contribution in [1.82, 2.24) is 5.53 Å². The molecule has 1 heterocycles. The van der Waals surface area contributed by atoms with Crippen LogP contribution in [-0.4, -0.2) is 17.5 Å². The van der Waals surface area contributed by atoms with Gasteiger partial charge in [-0.15, -0.1) is 15.4 Å². The molecule has 0 aromatic heterocycles. The largest absolute Gasteiger partial charge is 0.595 e. The molecule has 50 valence electrons. The van der Waals surface area contributed by atoms with Crippen molar-refractivity contribution < 1.29 is 9.55 Å². The molecule has 1 aliphatic heterocycles. The van der Waals surface area contributed by atoms with E-state index in [1.807, 2.05) is 5.53 Å². The Kier molecular flexibility index (Phi) is 1.08. The van der Waals surface area contributed by atoms with Gasteiger partial charge < -0.3 is 10.9 Å². The van der Waals surface area contributed by atoms with E-state index >= 15 is 0 Å². The van der Waals surface area contributed by atoms with Crippen LogP contribution < -0.4 is 11.3 Å². The Hall–Kier alpha value is -1.21. The molecule has 3 N–H and O–H groups in total. The molecule has 1 atom stereocenters. The highest BCUT2D eigenvalue weighted by Crippen LogP contribution is 2.04. The van der Waals surface area contributed by atoms with E-state index in [2.05, 4.69) is 16.1 Å². The minimum Gasteiger partial charge on any atom is -0.595 e. The lowest BCUT2D eigenvalue weighted by Crippen LogP contribution is -2.55. The van der Waals surface area contributed by atoms with Gasteiger partial charge in [0.25, 0.3) is 0 Å². The number of primary amides is 1. The third kappa shape index (κ3) is 0.819. The second-order valence-electron chi connectivity index (χ2n) is 1.56. The van der Waals surface area contributed by atoms with Gasteiger partial charge in [-0.3, -0.25) is 0 Å². The molecule has 0 bridgehead atoms. The minimum atomic E-state index is -1.39. The first-order valence-electron chi connectivity index (χ1n) is 2.18. The van der Waals surface area contributed by atoms with Crippen molar-refractivity contribution in [3.8, 4) is 0 Å². The van der Waals surface area contributed by atoms with Gasteiger partial charge >= 0.3 is 6.03 Å². The summed E-state index contributed by atoms with van der Waals surface area (Å²) in [7, 11) is 0. The van der Waals surface area contributed by atoms with Crippen LogP contribution in [-0.2, 0) is 0 Å². The molecular formula is C2H5N5O2. The highest BCUT2D eigenvalue weighted by Gasteiger charge is 2.28. The Labute approximate surface area is 50.3 Å². The Bertz CT molecular complexity index is 156. The topological polar surface area (TPSA) is 103 Å². The highest BCUT2D eigenvalue weighted by molar-refractivity contribution is 5.64. The molecule has 0 saturated carbocycles. The van der Waals surface area contributed by atoms with E-state index in [-0.39, 0.29) is 6.67 Å². The number of hydrogen-bond donors (Lipinski definition) is 2. The summed E-state index contributed by atoms with van der Waals surface area (Å²) in [5, 5.41) is 17.1. The highest BCUT2D eigenvalue weighted by atomic mass is 16.6. The lowest BCUT2D eigenvalue weighted by Gasteiger charge is -2.27. The molecule has 0 aromatic rings. The number of urea groups is 1. The van der Waals surface area contributed by atoms with Gasteiger partial charge in [0.05, 0.1) is 0 Å². The maximum absolute atomic E-state index is 10.8. The van der Waals surface area contributed by atoms with E-state index in [0.29, 0.717) is 0 Å². The smallest absolute Gasteiger partial charge is 0.441 e. The molecule has 0 fully saturated rings. The van der Waals surface area contributed by atoms with Crippen LogP contribution in [0.3, 0.4) is 0 Å². The predicted octanol–water partition coefficient (Wildman–Crippen LogP) is -0.777. The third-order valence-corrected chi connectivity index (χ3v) is 0.895. The van der Waals surface area contributed by atoms with Crippen LogP contribution in [0, 0.1) is 5.21 Å². The summed E-state index contributed by atoms with van der Waals surface area (Å²) < 4.78 is -1.39. The Morgan fingerprint density at radius 1 is 1.89 bits per heavy atom. The van der Waals surface area contributed by atoms with Gasteiger partial charge in [0, 0.05) is 0 Å². The number of quaternary nitrogens is 1. The van der Waals surface area contributed by atoms with E-state index < -0.39 is 10.8 Å². The van der Waals surface area contributed by atoms with Crippen molar-refractivity contribution in [2.45, 2.75) is 0 Å². The fourth-order valence-electron chi connectivity index (χ4n) is 0.375.